The molecule has 0 amide bonds. The highest BCUT2D eigenvalue weighted by Gasteiger charge is 2.54. The van der Waals surface area contributed by atoms with Crippen LogP contribution in [0.2, 0.25) is 0 Å². The number of rotatable bonds is 10. The number of aliphatic hydroxyl groups excluding tert-OH is 4. The van der Waals surface area contributed by atoms with Crippen molar-refractivity contribution in [1.29, 1.82) is 0 Å². The maximum Gasteiger partial charge on any atom is 0.117 e. The van der Waals surface area contributed by atoms with Crippen LogP contribution in [-0.2, 0) is 4.74 Å². The Morgan fingerprint density at radius 1 is 1.04 bits per heavy atom. The third-order valence-corrected chi connectivity index (χ3v) is 4.75. The van der Waals surface area contributed by atoms with Gasteiger partial charge in [-0.15, -0.1) is 0 Å². The summed E-state index contributed by atoms with van der Waals surface area (Å²) in [4.78, 5) is 0. The lowest BCUT2D eigenvalue weighted by Crippen LogP contribution is -2.35. The molecule has 1 aliphatic heterocycles. The maximum atomic E-state index is 10.2. The van der Waals surface area contributed by atoms with Gasteiger partial charge in [0.25, 0.3) is 0 Å². The molecule has 0 radical (unpaired) electrons. The molecule has 0 unspecified atom stereocenters. The molecular formula is C18H30O5. The molecule has 5 atom stereocenters. The monoisotopic (exact) mass is 326 g/mol. The van der Waals surface area contributed by atoms with Gasteiger partial charge in [-0.25, -0.2) is 0 Å². The van der Waals surface area contributed by atoms with E-state index in [1.54, 1.807) is 12.2 Å². The number of hydrogen-bond donors (Lipinski definition) is 4. The van der Waals surface area contributed by atoms with E-state index in [-0.39, 0.29) is 6.61 Å². The van der Waals surface area contributed by atoms with Gasteiger partial charge in [-0.2, -0.15) is 0 Å². The van der Waals surface area contributed by atoms with Gasteiger partial charge in [-0.05, 0) is 17.6 Å². The van der Waals surface area contributed by atoms with Crippen molar-refractivity contribution in [3.8, 4) is 0 Å². The van der Waals surface area contributed by atoms with Gasteiger partial charge in [0.05, 0.1) is 12.7 Å². The Bertz CT molecular complexity index is 431. The second-order valence-electron chi connectivity index (χ2n) is 6.58. The van der Waals surface area contributed by atoms with E-state index in [0.29, 0.717) is 17.6 Å². The van der Waals surface area contributed by atoms with Gasteiger partial charge in [0, 0.05) is 0 Å². The van der Waals surface area contributed by atoms with Crippen LogP contribution in [0.4, 0.5) is 0 Å². The first-order valence-corrected chi connectivity index (χ1v) is 8.81. The van der Waals surface area contributed by atoms with E-state index in [1.165, 1.54) is 25.7 Å². The van der Waals surface area contributed by atoms with Crippen molar-refractivity contribution in [3.05, 3.63) is 23.3 Å². The predicted octanol–water partition coefficient (Wildman–Crippen LogP) is 1.45. The van der Waals surface area contributed by atoms with Gasteiger partial charge in [0.15, 0.2) is 0 Å². The zero-order chi connectivity index (χ0) is 16.8. The molecule has 0 spiro atoms. The summed E-state index contributed by atoms with van der Waals surface area (Å²) in [5, 5.41) is 39.6. The van der Waals surface area contributed by atoms with Crippen molar-refractivity contribution in [2.45, 2.75) is 82.4 Å². The zero-order valence-electron chi connectivity index (χ0n) is 13.9. The van der Waals surface area contributed by atoms with Crippen molar-refractivity contribution in [1.82, 2.24) is 0 Å². The molecule has 23 heavy (non-hydrogen) atoms. The Hall–Kier alpha value is -0.720. The molecule has 1 aliphatic carbocycles. The number of fused-ring (bicyclic) bond motifs is 1. The summed E-state index contributed by atoms with van der Waals surface area (Å²) in [6.45, 7) is 1.87. The Kier molecular flexibility index (Phi) is 7.24. The summed E-state index contributed by atoms with van der Waals surface area (Å²) < 4.78 is 5.23. The molecule has 0 bridgehead atoms. The van der Waals surface area contributed by atoms with E-state index in [2.05, 4.69) is 6.92 Å². The summed E-state index contributed by atoms with van der Waals surface area (Å²) in [6, 6.07) is 0. The minimum absolute atomic E-state index is 0.321. The molecule has 1 saturated heterocycles. The lowest BCUT2D eigenvalue weighted by molar-refractivity contribution is 0.141. The van der Waals surface area contributed by atoms with Crippen LogP contribution in [0, 0.1) is 0 Å². The van der Waals surface area contributed by atoms with E-state index in [4.69, 9.17) is 4.74 Å². The standard InChI is InChI=1S/C18H30O5/c1-2-3-4-5-6-7-8-12(20)9-10-13-14(11-19)16(22)18-17(23-18)15(13)21/h9-10,12,15-22H,2-8,11H2,1H3/b10-9-/t12-,15+,16+,17+,18-/m0/s1. The average Bonchev–Trinajstić information content (AvgIpc) is 3.34. The van der Waals surface area contributed by atoms with Crippen LogP contribution >= 0.6 is 0 Å². The summed E-state index contributed by atoms with van der Waals surface area (Å²) in [6.07, 6.45) is 7.90. The number of aliphatic hydroxyl groups is 4. The Morgan fingerprint density at radius 3 is 2.39 bits per heavy atom. The molecule has 132 valence electrons. The Balaban J connectivity index is 1.81. The van der Waals surface area contributed by atoms with Crippen molar-refractivity contribution >= 4 is 0 Å². The van der Waals surface area contributed by atoms with Crippen LogP contribution in [0.5, 0.6) is 0 Å². The van der Waals surface area contributed by atoms with Gasteiger partial charge in [0.2, 0.25) is 0 Å². The van der Waals surface area contributed by atoms with E-state index in [9.17, 15) is 20.4 Å². The van der Waals surface area contributed by atoms with Gasteiger partial charge in [-0.1, -0.05) is 57.6 Å². The first-order chi connectivity index (χ1) is 11.1. The van der Waals surface area contributed by atoms with Gasteiger partial charge in [-0.3, -0.25) is 0 Å². The first-order valence-electron chi connectivity index (χ1n) is 8.81. The largest absolute Gasteiger partial charge is 0.392 e. The average molecular weight is 326 g/mol. The van der Waals surface area contributed by atoms with Crippen molar-refractivity contribution in [2.24, 2.45) is 0 Å². The maximum absolute atomic E-state index is 10.2. The highest BCUT2D eigenvalue weighted by molar-refractivity contribution is 5.40. The third-order valence-electron chi connectivity index (χ3n) is 4.75. The molecule has 0 saturated carbocycles. The Morgan fingerprint density at radius 2 is 1.70 bits per heavy atom. The second kappa shape index (κ2) is 8.94. The first kappa shape index (κ1) is 18.6. The molecule has 2 aliphatic rings. The van der Waals surface area contributed by atoms with Crippen LogP contribution in [0.15, 0.2) is 23.3 Å². The fourth-order valence-electron chi connectivity index (χ4n) is 3.22. The molecule has 4 N–H and O–H groups in total. The number of epoxide rings is 1. The number of unbranched alkanes of at least 4 members (excludes halogenated alkanes) is 5. The molecule has 0 aromatic carbocycles. The lowest BCUT2D eigenvalue weighted by Gasteiger charge is -2.23. The predicted molar refractivity (Wildman–Crippen MR) is 87.9 cm³/mol. The highest BCUT2D eigenvalue weighted by Crippen LogP contribution is 2.40. The summed E-state index contributed by atoms with van der Waals surface area (Å²) in [5.41, 5.74) is 0.861. The molecular weight excluding hydrogens is 296 g/mol. The van der Waals surface area contributed by atoms with E-state index in [0.717, 1.165) is 12.8 Å². The molecule has 1 fully saturated rings. The normalized spacial score (nSPS) is 31.5. The van der Waals surface area contributed by atoms with E-state index >= 15 is 0 Å². The Labute approximate surface area is 138 Å². The molecule has 5 heteroatoms. The molecule has 0 aromatic heterocycles. The van der Waals surface area contributed by atoms with Crippen LogP contribution in [0.3, 0.4) is 0 Å². The van der Waals surface area contributed by atoms with Crippen LogP contribution in [-0.4, -0.2) is 57.6 Å². The van der Waals surface area contributed by atoms with E-state index in [1.807, 2.05) is 0 Å². The quantitative estimate of drug-likeness (QED) is 0.360. The van der Waals surface area contributed by atoms with Crippen LogP contribution in [0.25, 0.3) is 0 Å². The van der Waals surface area contributed by atoms with Crippen LogP contribution < -0.4 is 0 Å². The molecule has 1 heterocycles. The van der Waals surface area contributed by atoms with Crippen molar-refractivity contribution in [2.75, 3.05) is 6.61 Å². The molecule has 0 aromatic rings. The lowest BCUT2D eigenvalue weighted by atomic mass is 9.87. The summed E-state index contributed by atoms with van der Waals surface area (Å²) in [5.74, 6) is 0. The minimum atomic E-state index is -0.872. The third kappa shape index (κ3) is 4.88. The fraction of sp³-hybridized carbons (Fsp3) is 0.778. The fourth-order valence-corrected chi connectivity index (χ4v) is 3.22. The molecule has 2 rings (SSSR count). The van der Waals surface area contributed by atoms with Gasteiger partial charge < -0.3 is 25.2 Å². The minimum Gasteiger partial charge on any atom is -0.392 e. The summed E-state index contributed by atoms with van der Waals surface area (Å²) >= 11 is 0. The van der Waals surface area contributed by atoms with Gasteiger partial charge in [0.1, 0.15) is 24.4 Å². The number of ether oxygens (including phenoxy) is 1. The van der Waals surface area contributed by atoms with Gasteiger partial charge >= 0.3 is 0 Å². The van der Waals surface area contributed by atoms with E-state index < -0.39 is 30.5 Å². The zero-order valence-corrected chi connectivity index (χ0v) is 13.9. The smallest absolute Gasteiger partial charge is 0.117 e. The topological polar surface area (TPSA) is 93.5 Å². The highest BCUT2D eigenvalue weighted by atomic mass is 16.6. The molecule has 5 nitrogen and oxygen atoms in total. The van der Waals surface area contributed by atoms with Crippen LogP contribution in [0.1, 0.15) is 51.9 Å². The van der Waals surface area contributed by atoms with Crippen molar-refractivity contribution < 1.29 is 25.2 Å². The SMILES string of the molecule is CCCCCCCC[C@H](O)/C=C\C1=C(CO)[C@@H](O)[C@@H]2O[C@@H]2[C@@H]1O. The van der Waals surface area contributed by atoms with Crippen molar-refractivity contribution in [3.63, 3.8) is 0 Å². The summed E-state index contributed by atoms with van der Waals surface area (Å²) in [7, 11) is 0. The second-order valence-corrected chi connectivity index (χ2v) is 6.58. The number of hydrogen-bond acceptors (Lipinski definition) is 5.